The van der Waals surface area contributed by atoms with E-state index in [4.69, 9.17) is 4.98 Å². The molecule has 124 valence electrons. The van der Waals surface area contributed by atoms with Crippen molar-refractivity contribution < 1.29 is 4.40 Å². The Balaban J connectivity index is 1.60. The largest absolute Gasteiger partial charge is 0.329 e. The molecule has 0 unspecified atom stereocenters. The summed E-state index contributed by atoms with van der Waals surface area (Å²) in [4.78, 5) is 4.92. The van der Waals surface area contributed by atoms with Gasteiger partial charge in [0.25, 0.3) is 0 Å². The lowest BCUT2D eigenvalue weighted by atomic mass is 10.1. The summed E-state index contributed by atoms with van der Waals surface area (Å²) >= 11 is 1.81. The molecule has 0 aliphatic carbocycles. The second-order valence-electron chi connectivity index (χ2n) is 6.29. The molecular weight excluding hydrogens is 336 g/mol. The van der Waals surface area contributed by atoms with Gasteiger partial charge in [-0.15, -0.1) is 0 Å². The van der Waals surface area contributed by atoms with Gasteiger partial charge >= 0.3 is 5.65 Å². The minimum Gasteiger partial charge on any atom is -0.196 e. The summed E-state index contributed by atoms with van der Waals surface area (Å²) in [5.74, 6) is 0.904. The molecule has 0 atom stereocenters. The average molecular weight is 353 g/mol. The lowest BCUT2D eigenvalue weighted by Crippen LogP contribution is -2.23. The highest BCUT2D eigenvalue weighted by atomic mass is 32.2. The second-order valence-corrected chi connectivity index (χ2v) is 7.25. The molecule has 0 saturated carbocycles. The van der Waals surface area contributed by atoms with Crippen LogP contribution in [0.4, 0.5) is 0 Å². The molecule has 0 amide bonds. The third kappa shape index (κ3) is 2.61. The normalized spacial score (nSPS) is 11.4. The van der Waals surface area contributed by atoms with Crippen LogP contribution in [0.3, 0.4) is 0 Å². The van der Waals surface area contributed by atoms with E-state index in [1.807, 2.05) is 23.9 Å². The van der Waals surface area contributed by atoms with Crippen LogP contribution in [0.25, 0.3) is 27.3 Å². The van der Waals surface area contributed by atoms with Crippen molar-refractivity contribution in [1.29, 1.82) is 0 Å². The van der Waals surface area contributed by atoms with Gasteiger partial charge in [0, 0.05) is 11.8 Å². The Hall–Kier alpha value is -2.91. The zero-order valence-corrected chi connectivity index (χ0v) is 15.0. The molecular formula is C23H17N2S+. The molecule has 0 spiro atoms. The van der Waals surface area contributed by atoms with Gasteiger partial charge in [0.05, 0.1) is 11.6 Å². The van der Waals surface area contributed by atoms with Gasteiger partial charge in [-0.1, -0.05) is 72.4 Å². The van der Waals surface area contributed by atoms with E-state index in [-0.39, 0.29) is 0 Å². The van der Waals surface area contributed by atoms with E-state index in [0.29, 0.717) is 0 Å². The van der Waals surface area contributed by atoms with E-state index in [1.54, 1.807) is 0 Å². The zero-order valence-electron chi connectivity index (χ0n) is 14.2. The van der Waals surface area contributed by atoms with Crippen LogP contribution >= 0.6 is 11.8 Å². The van der Waals surface area contributed by atoms with Crippen molar-refractivity contribution in [3.05, 3.63) is 96.7 Å². The van der Waals surface area contributed by atoms with Crippen LogP contribution in [-0.2, 0) is 5.75 Å². The van der Waals surface area contributed by atoms with Crippen LogP contribution in [0.5, 0.6) is 0 Å². The predicted molar refractivity (Wildman–Crippen MR) is 108 cm³/mol. The Bertz CT molecular complexity index is 1240. The molecule has 5 rings (SSSR count). The predicted octanol–water partition coefficient (Wildman–Crippen LogP) is 5.42. The van der Waals surface area contributed by atoms with Crippen LogP contribution in [0, 0.1) is 0 Å². The summed E-state index contributed by atoms with van der Waals surface area (Å²) in [5.41, 5.74) is 3.52. The maximum absolute atomic E-state index is 4.92. The minimum atomic E-state index is 0.904. The Morgan fingerprint density at radius 3 is 2.46 bits per heavy atom. The van der Waals surface area contributed by atoms with Crippen LogP contribution < -0.4 is 4.40 Å². The third-order valence-electron chi connectivity index (χ3n) is 4.69. The SMILES string of the molecule is c1ccc2c(CSc3nc4cccc[n+]4c4ccccc34)cccc2c1. The molecule has 2 heterocycles. The average Bonchev–Trinajstić information content (AvgIpc) is 2.72. The van der Waals surface area contributed by atoms with Crippen molar-refractivity contribution in [2.75, 3.05) is 0 Å². The number of thioether (sulfide) groups is 1. The van der Waals surface area contributed by atoms with Gasteiger partial charge in [0.1, 0.15) is 5.52 Å². The van der Waals surface area contributed by atoms with E-state index < -0.39 is 0 Å². The summed E-state index contributed by atoms with van der Waals surface area (Å²) in [6.07, 6.45) is 2.07. The topological polar surface area (TPSA) is 17.0 Å². The van der Waals surface area contributed by atoms with E-state index in [9.17, 15) is 0 Å². The molecule has 0 fully saturated rings. The lowest BCUT2D eigenvalue weighted by molar-refractivity contribution is -0.484. The standard InChI is InChI=1S/C23H17N2S/c1-2-11-19-17(8-1)9-7-10-18(19)16-26-23-20-12-3-4-13-21(20)25-15-6-5-14-22(25)24-23/h1-15H,16H2/q+1. The smallest absolute Gasteiger partial charge is 0.196 e. The van der Waals surface area contributed by atoms with E-state index >= 15 is 0 Å². The summed E-state index contributed by atoms with van der Waals surface area (Å²) < 4.78 is 2.15. The Morgan fingerprint density at radius 2 is 1.50 bits per heavy atom. The molecule has 5 aromatic rings. The number of pyridine rings is 1. The Kier molecular flexibility index (Phi) is 3.80. The molecule has 2 nitrogen and oxygen atoms in total. The van der Waals surface area contributed by atoms with Gasteiger partial charge in [0.15, 0.2) is 0 Å². The number of fused-ring (bicyclic) bond motifs is 4. The molecule has 0 radical (unpaired) electrons. The molecule has 3 aromatic carbocycles. The van der Waals surface area contributed by atoms with Gasteiger partial charge < -0.3 is 0 Å². The van der Waals surface area contributed by atoms with Crippen molar-refractivity contribution >= 4 is 39.1 Å². The van der Waals surface area contributed by atoms with Crippen molar-refractivity contribution in [2.24, 2.45) is 0 Å². The molecule has 0 saturated heterocycles. The lowest BCUT2D eigenvalue weighted by Gasteiger charge is -2.06. The molecule has 26 heavy (non-hydrogen) atoms. The molecule has 0 bridgehead atoms. The van der Waals surface area contributed by atoms with Gasteiger partial charge in [-0.3, -0.25) is 0 Å². The van der Waals surface area contributed by atoms with Crippen LogP contribution in [0.15, 0.2) is 96.2 Å². The highest BCUT2D eigenvalue weighted by Crippen LogP contribution is 2.30. The fourth-order valence-electron chi connectivity index (χ4n) is 3.43. The minimum absolute atomic E-state index is 0.904. The monoisotopic (exact) mass is 353 g/mol. The third-order valence-corrected chi connectivity index (χ3v) is 5.73. The molecule has 0 aliphatic heterocycles. The fourth-order valence-corrected chi connectivity index (χ4v) is 4.46. The number of aromatic nitrogens is 2. The number of hydrogen-bond acceptors (Lipinski definition) is 2. The van der Waals surface area contributed by atoms with Crippen molar-refractivity contribution in [3.8, 4) is 0 Å². The van der Waals surface area contributed by atoms with Crippen LogP contribution in [0.2, 0.25) is 0 Å². The summed E-state index contributed by atoms with van der Waals surface area (Å²) in [7, 11) is 0. The van der Waals surface area contributed by atoms with Gasteiger partial charge in [-0.05, 0) is 39.5 Å². The first kappa shape index (κ1) is 15.4. The highest BCUT2D eigenvalue weighted by Gasteiger charge is 2.16. The van der Waals surface area contributed by atoms with Gasteiger partial charge in [0.2, 0.25) is 5.03 Å². The molecule has 0 aliphatic rings. The Labute approximate surface area is 156 Å². The van der Waals surface area contributed by atoms with Crippen molar-refractivity contribution in [2.45, 2.75) is 10.8 Å². The number of hydrogen-bond donors (Lipinski definition) is 0. The van der Waals surface area contributed by atoms with Crippen molar-refractivity contribution in [1.82, 2.24) is 4.98 Å². The number of benzene rings is 3. The summed E-state index contributed by atoms with van der Waals surface area (Å²) in [6.45, 7) is 0. The second kappa shape index (κ2) is 6.43. The number of para-hydroxylation sites is 1. The van der Waals surface area contributed by atoms with Crippen LogP contribution in [-0.4, -0.2) is 4.98 Å². The number of rotatable bonds is 3. The molecule has 3 heteroatoms. The zero-order chi connectivity index (χ0) is 17.3. The quantitative estimate of drug-likeness (QED) is 0.186. The van der Waals surface area contributed by atoms with Crippen molar-refractivity contribution in [3.63, 3.8) is 0 Å². The van der Waals surface area contributed by atoms with E-state index in [1.165, 1.54) is 27.2 Å². The number of nitrogens with zero attached hydrogens (tertiary/aromatic N) is 2. The summed E-state index contributed by atoms with van der Waals surface area (Å²) in [6, 6.07) is 29.7. The first-order valence-corrected chi connectivity index (χ1v) is 9.67. The van der Waals surface area contributed by atoms with Gasteiger partial charge in [-0.2, -0.15) is 4.40 Å². The van der Waals surface area contributed by atoms with E-state index in [0.717, 1.165) is 16.4 Å². The van der Waals surface area contributed by atoms with Gasteiger partial charge in [-0.25, -0.2) is 0 Å². The summed E-state index contributed by atoms with van der Waals surface area (Å²) in [5, 5.41) is 4.89. The molecule has 0 N–H and O–H groups in total. The molecule has 2 aromatic heterocycles. The fraction of sp³-hybridized carbons (Fsp3) is 0.0435. The first-order chi connectivity index (χ1) is 12.9. The Morgan fingerprint density at radius 1 is 0.731 bits per heavy atom. The highest BCUT2D eigenvalue weighted by molar-refractivity contribution is 7.98. The van der Waals surface area contributed by atoms with Crippen LogP contribution in [0.1, 0.15) is 5.56 Å². The first-order valence-electron chi connectivity index (χ1n) is 8.69. The maximum atomic E-state index is 4.92. The maximum Gasteiger partial charge on any atom is 0.329 e. The van der Waals surface area contributed by atoms with E-state index in [2.05, 4.69) is 83.4 Å².